The molecule has 1 aliphatic carbocycles. The van der Waals surface area contributed by atoms with Gasteiger partial charge in [-0.3, -0.25) is 0 Å². The molecule has 0 aliphatic heterocycles. The number of likely N-dealkylation sites (N-methyl/N-ethyl adjacent to an activating group) is 1. The van der Waals surface area contributed by atoms with E-state index in [-0.39, 0.29) is 6.04 Å². The van der Waals surface area contributed by atoms with Crippen LogP contribution < -0.4 is 5.32 Å². The summed E-state index contributed by atoms with van der Waals surface area (Å²) in [5, 5.41) is 3.18. The van der Waals surface area contributed by atoms with Crippen molar-refractivity contribution in [2.45, 2.75) is 50.7 Å². The molecule has 1 atom stereocenters. The molecule has 116 valence electrons. The van der Waals surface area contributed by atoms with E-state index in [0.717, 1.165) is 25.3 Å². The first kappa shape index (κ1) is 16.1. The van der Waals surface area contributed by atoms with Gasteiger partial charge in [-0.05, 0) is 50.4 Å². The van der Waals surface area contributed by atoms with Crippen LogP contribution in [0.25, 0.3) is 0 Å². The molecule has 0 bridgehead atoms. The van der Waals surface area contributed by atoms with Gasteiger partial charge in [0.05, 0.1) is 11.6 Å². The molecule has 0 amide bonds. The van der Waals surface area contributed by atoms with Gasteiger partial charge >= 0.3 is 6.18 Å². The average molecular weight is 297 g/mol. The molecule has 0 radical (unpaired) electrons. The van der Waals surface area contributed by atoms with Crippen LogP contribution in [0, 0.1) is 0 Å². The summed E-state index contributed by atoms with van der Waals surface area (Å²) in [7, 11) is 1.81. The highest BCUT2D eigenvalue weighted by Gasteiger charge is 2.31. The summed E-state index contributed by atoms with van der Waals surface area (Å²) in [6.45, 7) is 0. The van der Waals surface area contributed by atoms with Gasteiger partial charge < -0.3 is 5.32 Å². The number of rotatable bonds is 3. The first-order valence-electron chi connectivity index (χ1n) is 7.55. The normalized spacial score (nSPS) is 21.0. The highest BCUT2D eigenvalue weighted by Crippen LogP contribution is 2.33. The molecular weight excluding hydrogens is 275 g/mol. The lowest BCUT2D eigenvalue weighted by Crippen LogP contribution is -2.20. The monoisotopic (exact) mass is 297 g/mol. The van der Waals surface area contributed by atoms with E-state index in [1.807, 2.05) is 7.05 Å². The third-order valence-corrected chi connectivity index (χ3v) is 4.03. The Bertz CT molecular complexity index is 491. The Morgan fingerprint density at radius 2 is 1.86 bits per heavy atom. The van der Waals surface area contributed by atoms with Crippen LogP contribution in [0.15, 0.2) is 35.9 Å². The lowest BCUT2D eigenvalue weighted by molar-refractivity contribution is -0.137. The molecule has 0 saturated heterocycles. The number of alkyl halides is 3. The Balaban J connectivity index is 2.28. The van der Waals surface area contributed by atoms with Gasteiger partial charge in [0.15, 0.2) is 0 Å². The fraction of sp³-hybridized carbons (Fsp3) is 0.529. The summed E-state index contributed by atoms with van der Waals surface area (Å²) in [6.07, 6.45) is 4.64. The van der Waals surface area contributed by atoms with E-state index >= 15 is 0 Å². The third-order valence-electron chi connectivity index (χ3n) is 4.03. The minimum atomic E-state index is -4.29. The van der Waals surface area contributed by atoms with Gasteiger partial charge in [-0.15, -0.1) is 0 Å². The molecule has 0 heterocycles. The van der Waals surface area contributed by atoms with Crippen LogP contribution in [0.4, 0.5) is 13.2 Å². The second kappa shape index (κ2) is 7.12. The van der Waals surface area contributed by atoms with E-state index in [4.69, 9.17) is 0 Å². The first-order valence-corrected chi connectivity index (χ1v) is 7.55. The molecule has 1 unspecified atom stereocenters. The van der Waals surface area contributed by atoms with Gasteiger partial charge in [-0.25, -0.2) is 0 Å². The van der Waals surface area contributed by atoms with Crippen LogP contribution in [0.3, 0.4) is 0 Å². The van der Waals surface area contributed by atoms with E-state index in [9.17, 15) is 13.2 Å². The maximum absolute atomic E-state index is 12.9. The first-order chi connectivity index (χ1) is 10.0. The quantitative estimate of drug-likeness (QED) is 0.752. The van der Waals surface area contributed by atoms with Crippen molar-refractivity contribution in [2.75, 3.05) is 7.05 Å². The van der Waals surface area contributed by atoms with Crippen LogP contribution in [-0.2, 0) is 6.18 Å². The Morgan fingerprint density at radius 3 is 2.57 bits per heavy atom. The fourth-order valence-electron chi connectivity index (χ4n) is 2.94. The van der Waals surface area contributed by atoms with Crippen molar-refractivity contribution in [3.8, 4) is 0 Å². The molecule has 0 spiro atoms. The summed E-state index contributed by atoms with van der Waals surface area (Å²) in [5.74, 6) is 0. The van der Waals surface area contributed by atoms with Gasteiger partial charge in [0.2, 0.25) is 0 Å². The van der Waals surface area contributed by atoms with Crippen molar-refractivity contribution in [3.05, 3.63) is 47.0 Å². The van der Waals surface area contributed by atoms with Crippen molar-refractivity contribution < 1.29 is 13.2 Å². The SMILES string of the molecule is CNC(/C1=C/CCCCCC1)c1cccc(C(F)(F)F)c1. The molecule has 1 N–H and O–H groups in total. The molecular formula is C17H22F3N. The van der Waals surface area contributed by atoms with Gasteiger partial charge in [0.1, 0.15) is 0 Å². The molecule has 0 saturated carbocycles. The zero-order valence-corrected chi connectivity index (χ0v) is 12.3. The van der Waals surface area contributed by atoms with Crippen molar-refractivity contribution in [1.82, 2.24) is 5.32 Å². The summed E-state index contributed by atoms with van der Waals surface area (Å²) in [5.41, 5.74) is 1.34. The van der Waals surface area contributed by atoms with Crippen LogP contribution in [0.2, 0.25) is 0 Å². The number of hydrogen-bond donors (Lipinski definition) is 1. The molecule has 4 heteroatoms. The Kier molecular flexibility index (Phi) is 5.45. The molecule has 0 fully saturated rings. The molecule has 0 aromatic heterocycles. The zero-order valence-electron chi connectivity index (χ0n) is 12.3. The average Bonchev–Trinajstić information content (AvgIpc) is 2.41. The molecule has 2 rings (SSSR count). The van der Waals surface area contributed by atoms with E-state index in [1.165, 1.54) is 37.0 Å². The Labute approximate surface area is 124 Å². The number of hydrogen-bond acceptors (Lipinski definition) is 1. The maximum Gasteiger partial charge on any atom is 0.416 e. The Morgan fingerprint density at radius 1 is 1.10 bits per heavy atom. The predicted octanol–water partition coefficient (Wildman–Crippen LogP) is 5.25. The smallest absolute Gasteiger partial charge is 0.310 e. The summed E-state index contributed by atoms with van der Waals surface area (Å²) in [6, 6.07) is 5.54. The maximum atomic E-state index is 12.9. The molecule has 1 nitrogen and oxygen atoms in total. The number of halogens is 3. The highest BCUT2D eigenvalue weighted by atomic mass is 19.4. The number of allylic oxidation sites excluding steroid dienone is 1. The lowest BCUT2D eigenvalue weighted by atomic mass is 9.90. The lowest BCUT2D eigenvalue weighted by Gasteiger charge is -2.23. The van der Waals surface area contributed by atoms with E-state index in [2.05, 4.69) is 11.4 Å². The van der Waals surface area contributed by atoms with E-state index in [0.29, 0.717) is 5.56 Å². The van der Waals surface area contributed by atoms with Gasteiger partial charge in [0, 0.05) is 0 Å². The molecule has 21 heavy (non-hydrogen) atoms. The van der Waals surface area contributed by atoms with Gasteiger partial charge in [0.25, 0.3) is 0 Å². The molecule has 1 aromatic carbocycles. The summed E-state index contributed by atoms with van der Waals surface area (Å²) >= 11 is 0. The zero-order chi connectivity index (χ0) is 15.3. The number of nitrogens with one attached hydrogen (secondary N) is 1. The van der Waals surface area contributed by atoms with Crippen LogP contribution in [0.5, 0.6) is 0 Å². The van der Waals surface area contributed by atoms with Crippen LogP contribution in [0.1, 0.15) is 55.7 Å². The highest BCUT2D eigenvalue weighted by molar-refractivity contribution is 5.33. The van der Waals surface area contributed by atoms with Gasteiger partial charge in [-0.1, -0.05) is 36.6 Å². The third kappa shape index (κ3) is 4.34. The predicted molar refractivity (Wildman–Crippen MR) is 79.0 cm³/mol. The van der Waals surface area contributed by atoms with Crippen LogP contribution in [-0.4, -0.2) is 7.05 Å². The topological polar surface area (TPSA) is 12.0 Å². The number of benzene rings is 1. The molecule has 1 aromatic rings. The minimum absolute atomic E-state index is 0.120. The fourth-order valence-corrected chi connectivity index (χ4v) is 2.94. The molecule has 1 aliphatic rings. The largest absolute Gasteiger partial charge is 0.416 e. The van der Waals surface area contributed by atoms with Crippen LogP contribution >= 0.6 is 0 Å². The summed E-state index contributed by atoms with van der Waals surface area (Å²) in [4.78, 5) is 0. The Hall–Kier alpha value is -1.29. The second-order valence-electron chi connectivity index (χ2n) is 5.58. The standard InChI is InChI=1S/C17H22F3N/c1-21-16(13-8-5-3-2-4-6-9-13)14-10-7-11-15(12-14)17(18,19)20/h7-8,10-12,16,21H,2-6,9H2,1H3/b13-8+. The van der Waals surface area contributed by atoms with Crippen molar-refractivity contribution in [1.29, 1.82) is 0 Å². The minimum Gasteiger partial charge on any atom is -0.310 e. The van der Waals surface area contributed by atoms with Gasteiger partial charge in [-0.2, -0.15) is 13.2 Å². The van der Waals surface area contributed by atoms with Crippen molar-refractivity contribution in [3.63, 3.8) is 0 Å². The van der Waals surface area contributed by atoms with Crippen molar-refractivity contribution in [2.24, 2.45) is 0 Å². The van der Waals surface area contributed by atoms with E-state index in [1.54, 1.807) is 6.07 Å². The second-order valence-corrected chi connectivity index (χ2v) is 5.58. The summed E-state index contributed by atoms with van der Waals surface area (Å²) < 4.78 is 38.6. The van der Waals surface area contributed by atoms with E-state index < -0.39 is 11.7 Å². The van der Waals surface area contributed by atoms with Crippen molar-refractivity contribution >= 4 is 0 Å².